The lowest BCUT2D eigenvalue weighted by atomic mass is 9.85. The first kappa shape index (κ1) is 13.8. The molecule has 1 aromatic heterocycles. The minimum absolute atomic E-state index is 0.335. The Morgan fingerprint density at radius 1 is 1.37 bits per heavy atom. The van der Waals surface area contributed by atoms with Crippen molar-refractivity contribution in [1.29, 1.82) is 0 Å². The third kappa shape index (κ3) is 3.06. The molecular formula is C15H22N2O2. The van der Waals surface area contributed by atoms with Crippen molar-refractivity contribution in [2.75, 3.05) is 18.0 Å². The summed E-state index contributed by atoms with van der Waals surface area (Å²) < 4.78 is 0. The van der Waals surface area contributed by atoms with Gasteiger partial charge in [-0.1, -0.05) is 13.8 Å². The molecule has 0 radical (unpaired) electrons. The van der Waals surface area contributed by atoms with Crippen LogP contribution in [0.1, 0.15) is 49.0 Å². The maximum Gasteiger partial charge on any atom is 0.339 e. The van der Waals surface area contributed by atoms with Gasteiger partial charge in [-0.15, -0.1) is 0 Å². The minimum Gasteiger partial charge on any atom is -0.478 e. The molecule has 19 heavy (non-hydrogen) atoms. The summed E-state index contributed by atoms with van der Waals surface area (Å²) in [6.45, 7) is 8.15. The van der Waals surface area contributed by atoms with Crippen LogP contribution in [0.15, 0.2) is 12.3 Å². The fourth-order valence-electron chi connectivity index (χ4n) is 2.68. The number of aryl methyl sites for hydroxylation is 1. The number of hydrogen-bond donors (Lipinski definition) is 1. The van der Waals surface area contributed by atoms with Crippen LogP contribution in [-0.4, -0.2) is 29.1 Å². The molecule has 1 saturated heterocycles. The average molecular weight is 262 g/mol. The molecule has 1 aliphatic rings. The van der Waals surface area contributed by atoms with E-state index in [1.165, 1.54) is 6.42 Å². The largest absolute Gasteiger partial charge is 0.478 e. The Labute approximate surface area is 114 Å². The van der Waals surface area contributed by atoms with Crippen LogP contribution in [0, 0.1) is 12.3 Å². The zero-order valence-electron chi connectivity index (χ0n) is 11.9. The monoisotopic (exact) mass is 262 g/mol. The second-order valence-corrected chi connectivity index (χ2v) is 6.14. The van der Waals surface area contributed by atoms with Gasteiger partial charge in [0.2, 0.25) is 0 Å². The summed E-state index contributed by atoms with van der Waals surface area (Å²) in [5.74, 6) is -0.255. The molecule has 1 aromatic rings. The molecule has 4 nitrogen and oxygen atoms in total. The lowest BCUT2D eigenvalue weighted by Crippen LogP contribution is -2.28. The zero-order valence-corrected chi connectivity index (χ0v) is 11.9. The van der Waals surface area contributed by atoms with Crippen LogP contribution < -0.4 is 4.90 Å². The second kappa shape index (κ2) is 5.19. The van der Waals surface area contributed by atoms with Crippen LogP contribution >= 0.6 is 0 Å². The molecule has 0 atom stereocenters. The molecule has 0 amide bonds. The smallest absolute Gasteiger partial charge is 0.339 e. The number of aromatic nitrogens is 1. The lowest BCUT2D eigenvalue weighted by Gasteiger charge is -2.25. The summed E-state index contributed by atoms with van der Waals surface area (Å²) in [6.07, 6.45) is 5.04. The van der Waals surface area contributed by atoms with E-state index >= 15 is 0 Å². The van der Waals surface area contributed by atoms with Crippen molar-refractivity contribution in [3.8, 4) is 0 Å². The van der Waals surface area contributed by atoms with E-state index in [4.69, 9.17) is 0 Å². The first-order valence-electron chi connectivity index (χ1n) is 6.84. The molecule has 1 fully saturated rings. The SMILES string of the molecule is Cc1ccnc(N2CCCC(C)(C)CC2)c1C(=O)O. The number of carbonyl (C=O) groups is 1. The predicted octanol–water partition coefficient (Wildman–Crippen LogP) is 3.10. The molecular weight excluding hydrogens is 240 g/mol. The Bertz CT molecular complexity index is 483. The Hall–Kier alpha value is -1.58. The van der Waals surface area contributed by atoms with Gasteiger partial charge in [0.1, 0.15) is 11.4 Å². The van der Waals surface area contributed by atoms with Gasteiger partial charge in [0, 0.05) is 19.3 Å². The summed E-state index contributed by atoms with van der Waals surface area (Å²) in [5, 5.41) is 9.38. The van der Waals surface area contributed by atoms with Gasteiger partial charge in [-0.05, 0) is 43.2 Å². The lowest BCUT2D eigenvalue weighted by molar-refractivity contribution is 0.0696. The Kier molecular flexibility index (Phi) is 3.78. The number of rotatable bonds is 2. The molecule has 1 N–H and O–H groups in total. The second-order valence-electron chi connectivity index (χ2n) is 6.14. The first-order valence-corrected chi connectivity index (χ1v) is 6.84. The van der Waals surface area contributed by atoms with E-state index in [0.29, 0.717) is 16.8 Å². The molecule has 4 heteroatoms. The van der Waals surface area contributed by atoms with Crippen LogP contribution in [0.4, 0.5) is 5.82 Å². The Balaban J connectivity index is 2.32. The van der Waals surface area contributed by atoms with E-state index < -0.39 is 5.97 Å². The van der Waals surface area contributed by atoms with Crippen LogP contribution in [0.2, 0.25) is 0 Å². The van der Waals surface area contributed by atoms with Gasteiger partial charge in [0.15, 0.2) is 0 Å². The van der Waals surface area contributed by atoms with E-state index in [-0.39, 0.29) is 0 Å². The molecule has 0 bridgehead atoms. The quantitative estimate of drug-likeness (QED) is 0.889. The van der Waals surface area contributed by atoms with Crippen molar-refractivity contribution in [3.05, 3.63) is 23.4 Å². The highest BCUT2D eigenvalue weighted by Gasteiger charge is 2.26. The number of hydrogen-bond acceptors (Lipinski definition) is 3. The number of carboxylic acid groups (broad SMARTS) is 1. The summed E-state index contributed by atoms with van der Waals surface area (Å²) in [4.78, 5) is 17.9. The van der Waals surface area contributed by atoms with Gasteiger partial charge in [-0.2, -0.15) is 0 Å². The fraction of sp³-hybridized carbons (Fsp3) is 0.600. The molecule has 2 rings (SSSR count). The first-order chi connectivity index (χ1) is 8.91. The highest BCUT2D eigenvalue weighted by atomic mass is 16.4. The van der Waals surface area contributed by atoms with Crippen LogP contribution in [0.5, 0.6) is 0 Å². The highest BCUT2D eigenvalue weighted by molar-refractivity contribution is 5.94. The topological polar surface area (TPSA) is 53.4 Å². The van der Waals surface area contributed by atoms with Crippen molar-refractivity contribution >= 4 is 11.8 Å². The van der Waals surface area contributed by atoms with Gasteiger partial charge in [0.05, 0.1) is 0 Å². The van der Waals surface area contributed by atoms with Crippen molar-refractivity contribution in [3.63, 3.8) is 0 Å². The van der Waals surface area contributed by atoms with E-state index in [1.807, 2.05) is 6.92 Å². The average Bonchev–Trinajstić information content (AvgIpc) is 2.49. The van der Waals surface area contributed by atoms with Gasteiger partial charge in [-0.25, -0.2) is 9.78 Å². The molecule has 104 valence electrons. The predicted molar refractivity (Wildman–Crippen MR) is 75.8 cm³/mol. The van der Waals surface area contributed by atoms with Gasteiger partial charge in [0.25, 0.3) is 0 Å². The number of aromatic carboxylic acids is 1. The maximum absolute atomic E-state index is 11.4. The third-order valence-electron chi connectivity index (χ3n) is 3.99. The van der Waals surface area contributed by atoms with Crippen LogP contribution in [0.25, 0.3) is 0 Å². The molecule has 0 aromatic carbocycles. The summed E-state index contributed by atoms with van der Waals surface area (Å²) in [6, 6.07) is 1.76. The summed E-state index contributed by atoms with van der Waals surface area (Å²) in [7, 11) is 0. The number of nitrogens with zero attached hydrogens (tertiary/aromatic N) is 2. The number of carboxylic acids is 1. The molecule has 1 aliphatic heterocycles. The van der Waals surface area contributed by atoms with Gasteiger partial charge >= 0.3 is 5.97 Å². The number of pyridine rings is 1. The molecule has 0 aliphatic carbocycles. The maximum atomic E-state index is 11.4. The number of anilines is 1. The van der Waals surface area contributed by atoms with E-state index in [9.17, 15) is 9.90 Å². The standard InChI is InChI=1S/C15H22N2O2/c1-11-5-8-16-13(12(11)14(18)19)17-9-4-6-15(2,3)7-10-17/h5,8H,4,6-7,9-10H2,1-3H3,(H,18,19). The van der Waals surface area contributed by atoms with Crippen molar-refractivity contribution in [2.45, 2.75) is 40.0 Å². The summed E-state index contributed by atoms with van der Waals surface area (Å²) in [5.41, 5.74) is 1.46. The Morgan fingerprint density at radius 2 is 2.11 bits per heavy atom. The Morgan fingerprint density at radius 3 is 2.79 bits per heavy atom. The van der Waals surface area contributed by atoms with Gasteiger partial charge in [-0.3, -0.25) is 0 Å². The molecule has 0 unspecified atom stereocenters. The molecule has 0 spiro atoms. The third-order valence-corrected chi connectivity index (χ3v) is 3.99. The van der Waals surface area contributed by atoms with Crippen molar-refractivity contribution in [2.24, 2.45) is 5.41 Å². The van der Waals surface area contributed by atoms with Gasteiger partial charge < -0.3 is 10.0 Å². The van der Waals surface area contributed by atoms with E-state index in [2.05, 4.69) is 23.7 Å². The molecule has 2 heterocycles. The fourth-order valence-corrected chi connectivity index (χ4v) is 2.68. The normalized spacial score (nSPS) is 19.0. The molecule has 0 saturated carbocycles. The highest BCUT2D eigenvalue weighted by Crippen LogP contribution is 2.32. The minimum atomic E-state index is -0.885. The van der Waals surface area contributed by atoms with Crippen LogP contribution in [0.3, 0.4) is 0 Å². The van der Waals surface area contributed by atoms with E-state index in [1.54, 1.807) is 12.3 Å². The summed E-state index contributed by atoms with van der Waals surface area (Å²) >= 11 is 0. The zero-order chi connectivity index (χ0) is 14.0. The van der Waals surface area contributed by atoms with Crippen molar-refractivity contribution in [1.82, 2.24) is 4.98 Å². The van der Waals surface area contributed by atoms with Crippen molar-refractivity contribution < 1.29 is 9.90 Å². The van der Waals surface area contributed by atoms with Crippen LogP contribution in [-0.2, 0) is 0 Å². The van der Waals surface area contributed by atoms with E-state index in [0.717, 1.165) is 31.5 Å².